The smallest absolute Gasteiger partial charge is 0.278 e. The molecule has 2 heterocycles. The molecular weight excluding hydrogens is 402 g/mol. The van der Waals surface area contributed by atoms with Crippen LogP contribution in [0, 0.1) is 13.8 Å². The molecular formula is C23H22ClN3O3. The van der Waals surface area contributed by atoms with Crippen LogP contribution in [0.25, 0.3) is 0 Å². The first-order valence-electron chi connectivity index (χ1n) is 9.82. The largest absolute Gasteiger partial charge is 0.478 e. The molecule has 1 aromatic heterocycles. The van der Waals surface area contributed by atoms with Crippen molar-refractivity contribution in [2.24, 2.45) is 0 Å². The molecule has 1 amide bonds. The number of hydrogen-bond acceptors (Lipinski definition) is 4. The van der Waals surface area contributed by atoms with Gasteiger partial charge < -0.3 is 9.64 Å². The SMILES string of the molecule is CCC1Oc2ccc(C(=O)n3nc(C)cc3C)cc2N(Cc2ccccc2Cl)C1=O. The van der Waals surface area contributed by atoms with E-state index in [1.54, 1.807) is 29.2 Å². The minimum atomic E-state index is -0.572. The Morgan fingerprint density at radius 2 is 1.93 bits per heavy atom. The fourth-order valence-corrected chi connectivity index (χ4v) is 3.83. The highest BCUT2D eigenvalue weighted by Gasteiger charge is 2.34. The normalized spacial score (nSPS) is 15.7. The van der Waals surface area contributed by atoms with Crippen molar-refractivity contribution in [1.29, 1.82) is 0 Å². The van der Waals surface area contributed by atoms with E-state index < -0.39 is 6.10 Å². The molecule has 0 saturated carbocycles. The van der Waals surface area contributed by atoms with Crippen LogP contribution in [0.15, 0.2) is 48.5 Å². The fraction of sp³-hybridized carbons (Fsp3) is 0.261. The molecule has 0 bridgehead atoms. The van der Waals surface area contributed by atoms with Gasteiger partial charge in [-0.15, -0.1) is 0 Å². The van der Waals surface area contributed by atoms with Gasteiger partial charge in [-0.05, 0) is 56.2 Å². The molecule has 0 fully saturated rings. The molecule has 7 heteroatoms. The summed E-state index contributed by atoms with van der Waals surface area (Å²) in [4.78, 5) is 27.8. The number of hydrogen-bond donors (Lipinski definition) is 0. The Bertz CT molecular complexity index is 1140. The van der Waals surface area contributed by atoms with Crippen LogP contribution in [-0.2, 0) is 11.3 Å². The predicted octanol–water partition coefficient (Wildman–Crippen LogP) is 4.55. The van der Waals surface area contributed by atoms with Crippen LogP contribution in [0.4, 0.5) is 5.69 Å². The van der Waals surface area contributed by atoms with Crippen molar-refractivity contribution in [3.8, 4) is 5.75 Å². The van der Waals surface area contributed by atoms with Crippen molar-refractivity contribution in [1.82, 2.24) is 9.78 Å². The maximum absolute atomic E-state index is 13.1. The number of fused-ring (bicyclic) bond motifs is 1. The highest BCUT2D eigenvalue weighted by molar-refractivity contribution is 6.31. The Kier molecular flexibility index (Phi) is 5.35. The number of ether oxygens (including phenoxy) is 1. The van der Waals surface area contributed by atoms with Crippen LogP contribution < -0.4 is 9.64 Å². The second-order valence-electron chi connectivity index (χ2n) is 7.36. The molecule has 1 atom stereocenters. The maximum atomic E-state index is 13.1. The number of amides is 1. The monoisotopic (exact) mass is 423 g/mol. The average Bonchev–Trinajstić information content (AvgIpc) is 3.08. The van der Waals surface area contributed by atoms with Crippen LogP contribution in [0.2, 0.25) is 5.02 Å². The van der Waals surface area contributed by atoms with Gasteiger partial charge in [0.25, 0.3) is 11.8 Å². The maximum Gasteiger partial charge on any atom is 0.278 e. The average molecular weight is 424 g/mol. The standard InChI is InChI=1S/C23H22ClN3O3/c1-4-20-23(29)26(13-17-7-5-6-8-18(17)24)19-12-16(9-10-21(19)30-20)22(28)27-15(3)11-14(2)25-27/h5-12,20H,4,13H2,1-3H3. The van der Waals surface area contributed by atoms with E-state index in [9.17, 15) is 9.59 Å². The minimum absolute atomic E-state index is 0.152. The Labute approximate surface area is 180 Å². The van der Waals surface area contributed by atoms with Crippen molar-refractivity contribution < 1.29 is 14.3 Å². The summed E-state index contributed by atoms with van der Waals surface area (Å²) in [6.07, 6.45) is -0.0263. The van der Waals surface area contributed by atoms with Gasteiger partial charge in [0.1, 0.15) is 5.75 Å². The van der Waals surface area contributed by atoms with E-state index in [1.807, 2.05) is 45.0 Å². The quantitative estimate of drug-likeness (QED) is 0.617. The van der Waals surface area contributed by atoms with Crippen molar-refractivity contribution in [3.05, 3.63) is 76.1 Å². The van der Waals surface area contributed by atoms with Gasteiger partial charge in [-0.1, -0.05) is 36.7 Å². The zero-order valence-electron chi connectivity index (χ0n) is 17.1. The van der Waals surface area contributed by atoms with Gasteiger partial charge in [-0.2, -0.15) is 5.10 Å². The molecule has 0 spiro atoms. The number of halogens is 1. The summed E-state index contributed by atoms with van der Waals surface area (Å²) in [5.74, 6) is 0.158. The highest BCUT2D eigenvalue weighted by Crippen LogP contribution is 2.37. The minimum Gasteiger partial charge on any atom is -0.478 e. The molecule has 4 rings (SSSR count). The summed E-state index contributed by atoms with van der Waals surface area (Å²) in [6, 6.07) is 14.4. The van der Waals surface area contributed by atoms with Gasteiger partial charge in [-0.3, -0.25) is 9.59 Å². The lowest BCUT2D eigenvalue weighted by Gasteiger charge is -2.34. The van der Waals surface area contributed by atoms with Gasteiger partial charge in [0.05, 0.1) is 17.9 Å². The molecule has 6 nitrogen and oxygen atoms in total. The number of anilines is 1. The molecule has 3 aromatic rings. The van der Waals surface area contributed by atoms with Crippen LogP contribution in [-0.4, -0.2) is 27.7 Å². The van der Waals surface area contributed by atoms with Crippen molar-refractivity contribution >= 4 is 29.1 Å². The van der Waals surface area contributed by atoms with E-state index in [-0.39, 0.29) is 11.8 Å². The van der Waals surface area contributed by atoms with Crippen molar-refractivity contribution in [2.75, 3.05) is 4.90 Å². The molecule has 0 saturated heterocycles. The molecule has 30 heavy (non-hydrogen) atoms. The van der Waals surface area contributed by atoms with Gasteiger partial charge in [-0.25, -0.2) is 4.68 Å². The molecule has 0 N–H and O–H groups in total. The lowest BCUT2D eigenvalue weighted by Crippen LogP contribution is -2.45. The molecule has 0 aliphatic carbocycles. The third-order valence-electron chi connectivity index (χ3n) is 5.17. The predicted molar refractivity (Wildman–Crippen MR) is 115 cm³/mol. The Hall–Kier alpha value is -3.12. The molecule has 1 aliphatic heterocycles. The molecule has 154 valence electrons. The molecule has 2 aromatic carbocycles. The lowest BCUT2D eigenvalue weighted by molar-refractivity contribution is -0.126. The third kappa shape index (κ3) is 3.59. The van der Waals surface area contributed by atoms with Crippen molar-refractivity contribution in [2.45, 2.75) is 39.8 Å². The van der Waals surface area contributed by atoms with E-state index in [2.05, 4.69) is 5.10 Å². The first-order chi connectivity index (χ1) is 14.4. The number of aryl methyl sites for hydroxylation is 2. The lowest BCUT2D eigenvalue weighted by atomic mass is 10.1. The number of rotatable bonds is 4. The van der Waals surface area contributed by atoms with Crippen LogP contribution >= 0.6 is 11.6 Å². The zero-order chi connectivity index (χ0) is 21.4. The Balaban J connectivity index is 1.76. The van der Waals surface area contributed by atoms with E-state index in [0.29, 0.717) is 35.0 Å². The van der Waals surface area contributed by atoms with E-state index in [4.69, 9.17) is 16.3 Å². The number of benzene rings is 2. The van der Waals surface area contributed by atoms with Gasteiger partial charge in [0, 0.05) is 16.3 Å². The summed E-state index contributed by atoms with van der Waals surface area (Å²) in [6.45, 7) is 5.87. The topological polar surface area (TPSA) is 64.4 Å². The Morgan fingerprint density at radius 3 is 2.60 bits per heavy atom. The number of nitrogens with zero attached hydrogens (tertiary/aromatic N) is 3. The fourth-order valence-electron chi connectivity index (χ4n) is 3.63. The van der Waals surface area contributed by atoms with Gasteiger partial charge >= 0.3 is 0 Å². The number of carbonyl (C=O) groups is 2. The second kappa shape index (κ2) is 7.95. The van der Waals surface area contributed by atoms with Crippen LogP contribution in [0.5, 0.6) is 5.75 Å². The Morgan fingerprint density at radius 1 is 1.17 bits per heavy atom. The second-order valence-corrected chi connectivity index (χ2v) is 7.76. The summed E-state index contributed by atoms with van der Waals surface area (Å²) in [5.41, 5.74) is 3.32. The zero-order valence-corrected chi connectivity index (χ0v) is 17.8. The molecule has 0 radical (unpaired) electrons. The van der Waals surface area contributed by atoms with Crippen LogP contribution in [0.3, 0.4) is 0 Å². The van der Waals surface area contributed by atoms with E-state index in [1.165, 1.54) is 4.68 Å². The van der Waals surface area contributed by atoms with Gasteiger partial charge in [0.2, 0.25) is 0 Å². The van der Waals surface area contributed by atoms with Crippen LogP contribution in [0.1, 0.15) is 40.7 Å². The summed E-state index contributed by atoms with van der Waals surface area (Å²) in [7, 11) is 0. The van der Waals surface area contributed by atoms with E-state index in [0.717, 1.165) is 17.0 Å². The molecule has 1 aliphatic rings. The summed E-state index contributed by atoms with van der Waals surface area (Å²) < 4.78 is 7.27. The van der Waals surface area contributed by atoms with Gasteiger partial charge in [0.15, 0.2) is 6.10 Å². The number of aromatic nitrogens is 2. The van der Waals surface area contributed by atoms with E-state index >= 15 is 0 Å². The number of carbonyl (C=O) groups excluding carboxylic acids is 2. The first kappa shape index (κ1) is 20.2. The third-order valence-corrected chi connectivity index (χ3v) is 5.54. The molecule has 1 unspecified atom stereocenters. The summed E-state index contributed by atoms with van der Waals surface area (Å²) >= 11 is 6.34. The summed E-state index contributed by atoms with van der Waals surface area (Å²) in [5, 5.41) is 4.86. The highest BCUT2D eigenvalue weighted by atomic mass is 35.5. The first-order valence-corrected chi connectivity index (χ1v) is 10.2. The van der Waals surface area contributed by atoms with Crippen molar-refractivity contribution in [3.63, 3.8) is 0 Å².